The van der Waals surface area contributed by atoms with Crippen LogP contribution in [0.15, 0.2) is 60.0 Å². The first kappa shape index (κ1) is 13.4. The van der Waals surface area contributed by atoms with Crippen LogP contribution in [0.1, 0.15) is 11.1 Å². The lowest BCUT2D eigenvalue weighted by Crippen LogP contribution is -1.70. The topological polar surface area (TPSA) is 20.2 Å². The van der Waals surface area contributed by atoms with Gasteiger partial charge in [-0.2, -0.15) is 0 Å². The summed E-state index contributed by atoms with van der Waals surface area (Å²) in [4.78, 5) is 1.06. The summed E-state index contributed by atoms with van der Waals surface area (Å²) >= 11 is 4.20. The average molecular weight is 244 g/mol. The molecule has 0 aromatic heterocycles. The highest BCUT2D eigenvalue weighted by Crippen LogP contribution is 2.15. The van der Waals surface area contributed by atoms with Crippen molar-refractivity contribution < 1.29 is 5.11 Å². The lowest BCUT2D eigenvalue weighted by atomic mass is 10.2. The van der Waals surface area contributed by atoms with Crippen LogP contribution in [0, 0.1) is 6.92 Å². The van der Waals surface area contributed by atoms with Crippen molar-refractivity contribution in [3.8, 4) is 5.75 Å². The number of aryl methyl sites for hydroxylation is 1. The summed E-state index contributed by atoms with van der Waals surface area (Å²) in [5.74, 6) is 0.285. The molecule has 0 saturated carbocycles. The van der Waals surface area contributed by atoms with Crippen LogP contribution in [-0.2, 0) is 0 Å². The predicted octanol–water partition coefficient (Wildman–Crippen LogP) is 4.32. The lowest BCUT2D eigenvalue weighted by Gasteiger charge is -1.93. The summed E-state index contributed by atoms with van der Waals surface area (Å²) in [5.41, 5.74) is 2.01. The smallest absolute Gasteiger partial charge is 0.122 e. The molecule has 0 aliphatic rings. The van der Waals surface area contributed by atoms with Gasteiger partial charge in [0.1, 0.15) is 5.75 Å². The minimum Gasteiger partial charge on any atom is -0.507 e. The zero-order valence-corrected chi connectivity index (χ0v) is 10.7. The first-order valence-corrected chi connectivity index (χ1v) is 5.75. The molecule has 2 aromatic rings. The number of aromatic hydroxyl groups is 1. The molecule has 0 bridgehead atoms. The van der Waals surface area contributed by atoms with Crippen LogP contribution < -0.4 is 0 Å². The van der Waals surface area contributed by atoms with E-state index < -0.39 is 0 Å². The van der Waals surface area contributed by atoms with Crippen molar-refractivity contribution in [3.63, 3.8) is 0 Å². The summed E-state index contributed by atoms with van der Waals surface area (Å²) in [5, 5.41) is 9.04. The van der Waals surface area contributed by atoms with Gasteiger partial charge in [0, 0.05) is 10.5 Å². The van der Waals surface area contributed by atoms with E-state index in [1.54, 1.807) is 18.2 Å². The van der Waals surface area contributed by atoms with E-state index in [1.165, 1.54) is 5.56 Å². The third-order valence-electron chi connectivity index (χ3n) is 2.27. The summed E-state index contributed by atoms with van der Waals surface area (Å²) < 4.78 is 0. The number of phenolic OH excluding ortho intramolecular Hbond substituents is 1. The Morgan fingerprint density at radius 2 is 1.65 bits per heavy atom. The van der Waals surface area contributed by atoms with E-state index >= 15 is 0 Å². The molecule has 0 spiro atoms. The molecule has 2 aromatic carbocycles. The third kappa shape index (κ3) is 4.37. The van der Waals surface area contributed by atoms with Gasteiger partial charge in [-0.15, -0.1) is 12.6 Å². The van der Waals surface area contributed by atoms with Gasteiger partial charge in [0.15, 0.2) is 0 Å². The first-order chi connectivity index (χ1) is 8.15. The van der Waals surface area contributed by atoms with E-state index in [0.717, 1.165) is 10.5 Å². The van der Waals surface area contributed by atoms with Crippen LogP contribution in [0.25, 0.3) is 6.08 Å². The predicted molar refractivity (Wildman–Crippen MR) is 76.6 cm³/mol. The van der Waals surface area contributed by atoms with Crippen LogP contribution in [0.2, 0.25) is 0 Å². The Morgan fingerprint density at radius 1 is 1.06 bits per heavy atom. The largest absolute Gasteiger partial charge is 0.507 e. The number of phenols is 1. The maximum Gasteiger partial charge on any atom is 0.122 e. The Balaban J connectivity index is 0.000000171. The molecule has 17 heavy (non-hydrogen) atoms. The van der Waals surface area contributed by atoms with Gasteiger partial charge in [-0.05, 0) is 24.6 Å². The molecule has 0 aliphatic heterocycles. The first-order valence-electron chi connectivity index (χ1n) is 5.30. The zero-order valence-electron chi connectivity index (χ0n) is 9.80. The molecule has 0 saturated heterocycles. The third-order valence-corrected chi connectivity index (χ3v) is 2.77. The summed E-state index contributed by atoms with van der Waals surface area (Å²) in [6, 6.07) is 15.1. The number of hydrogen-bond acceptors (Lipinski definition) is 2. The van der Waals surface area contributed by atoms with Gasteiger partial charge < -0.3 is 5.11 Å². The minimum absolute atomic E-state index is 0.285. The SMILES string of the molecule is C=Cc1ccccc1O.Cc1ccccc1S. The number of thiol groups is 1. The van der Waals surface area contributed by atoms with Crippen LogP contribution in [-0.4, -0.2) is 5.11 Å². The van der Waals surface area contributed by atoms with Gasteiger partial charge in [-0.3, -0.25) is 0 Å². The van der Waals surface area contributed by atoms with Crippen LogP contribution in [0.5, 0.6) is 5.75 Å². The number of hydrogen-bond donors (Lipinski definition) is 2. The summed E-state index contributed by atoms with van der Waals surface area (Å²) in [6.45, 7) is 5.58. The van der Waals surface area contributed by atoms with Gasteiger partial charge >= 0.3 is 0 Å². The van der Waals surface area contributed by atoms with Crippen molar-refractivity contribution in [1.29, 1.82) is 0 Å². The molecule has 0 atom stereocenters. The summed E-state index contributed by atoms with van der Waals surface area (Å²) in [6.07, 6.45) is 1.62. The maximum absolute atomic E-state index is 9.04. The molecule has 1 nitrogen and oxygen atoms in total. The second-order valence-corrected chi connectivity index (χ2v) is 4.03. The highest BCUT2D eigenvalue weighted by molar-refractivity contribution is 7.80. The molecule has 2 heteroatoms. The highest BCUT2D eigenvalue weighted by Gasteiger charge is 1.89. The number of para-hydroxylation sites is 1. The fraction of sp³-hybridized carbons (Fsp3) is 0.0667. The van der Waals surface area contributed by atoms with Gasteiger partial charge in [0.25, 0.3) is 0 Å². The molecular weight excluding hydrogens is 228 g/mol. The second-order valence-electron chi connectivity index (χ2n) is 3.55. The highest BCUT2D eigenvalue weighted by atomic mass is 32.1. The Bertz CT molecular complexity index is 471. The fourth-order valence-corrected chi connectivity index (χ4v) is 1.38. The maximum atomic E-state index is 9.04. The van der Waals surface area contributed by atoms with Gasteiger partial charge in [0.05, 0.1) is 0 Å². The normalized spacial score (nSPS) is 9.06. The van der Waals surface area contributed by atoms with Crippen molar-refractivity contribution in [2.75, 3.05) is 0 Å². The van der Waals surface area contributed by atoms with Crippen LogP contribution in [0.3, 0.4) is 0 Å². The molecule has 88 valence electrons. The van der Waals surface area contributed by atoms with Crippen molar-refractivity contribution in [1.82, 2.24) is 0 Å². The fourth-order valence-electron chi connectivity index (χ4n) is 1.22. The molecule has 2 rings (SSSR count). The monoisotopic (exact) mass is 244 g/mol. The Morgan fingerprint density at radius 3 is 2.06 bits per heavy atom. The van der Waals surface area contributed by atoms with E-state index in [2.05, 4.69) is 19.2 Å². The Labute approximate surface area is 108 Å². The number of benzene rings is 2. The Hall–Kier alpha value is -1.67. The van der Waals surface area contributed by atoms with E-state index in [1.807, 2.05) is 43.3 Å². The molecular formula is C15H16OS. The lowest BCUT2D eigenvalue weighted by molar-refractivity contribution is 0.474. The second kappa shape index (κ2) is 6.81. The molecule has 0 unspecified atom stereocenters. The molecule has 1 N–H and O–H groups in total. The van der Waals surface area contributed by atoms with Crippen molar-refractivity contribution in [2.45, 2.75) is 11.8 Å². The quantitative estimate of drug-likeness (QED) is 0.716. The van der Waals surface area contributed by atoms with Gasteiger partial charge in [0.2, 0.25) is 0 Å². The minimum atomic E-state index is 0.285. The average Bonchev–Trinajstić information content (AvgIpc) is 2.34. The standard InChI is InChI=1S/C8H8O.C7H8S/c1-2-7-5-3-4-6-8(7)9;1-6-4-2-3-5-7(6)8/h2-6,9H,1H2;2-5,8H,1H3. The zero-order chi connectivity index (χ0) is 12.7. The van der Waals surface area contributed by atoms with Gasteiger partial charge in [-0.25, -0.2) is 0 Å². The van der Waals surface area contributed by atoms with E-state index in [4.69, 9.17) is 5.11 Å². The van der Waals surface area contributed by atoms with E-state index in [-0.39, 0.29) is 5.75 Å². The molecule has 0 radical (unpaired) electrons. The van der Waals surface area contributed by atoms with Crippen molar-refractivity contribution >= 4 is 18.7 Å². The van der Waals surface area contributed by atoms with Crippen molar-refractivity contribution in [2.24, 2.45) is 0 Å². The molecule has 0 amide bonds. The molecule has 0 aliphatic carbocycles. The van der Waals surface area contributed by atoms with Gasteiger partial charge in [-0.1, -0.05) is 49.1 Å². The van der Waals surface area contributed by atoms with E-state index in [0.29, 0.717) is 0 Å². The Kier molecular flexibility index (Phi) is 5.37. The molecule has 0 heterocycles. The van der Waals surface area contributed by atoms with Crippen LogP contribution in [0.4, 0.5) is 0 Å². The number of rotatable bonds is 1. The van der Waals surface area contributed by atoms with Crippen LogP contribution >= 0.6 is 12.6 Å². The molecule has 0 fully saturated rings. The van der Waals surface area contributed by atoms with E-state index in [9.17, 15) is 0 Å². The summed E-state index contributed by atoms with van der Waals surface area (Å²) in [7, 11) is 0. The van der Waals surface area contributed by atoms with Crippen molar-refractivity contribution in [3.05, 3.63) is 66.2 Å².